The van der Waals surface area contributed by atoms with Gasteiger partial charge in [-0.2, -0.15) is 5.26 Å². The van der Waals surface area contributed by atoms with Crippen LogP contribution in [0.4, 0.5) is 5.82 Å². The van der Waals surface area contributed by atoms with Gasteiger partial charge in [0.25, 0.3) is 5.56 Å². The first kappa shape index (κ1) is 21.1. The van der Waals surface area contributed by atoms with E-state index in [2.05, 4.69) is 11.4 Å². The van der Waals surface area contributed by atoms with E-state index < -0.39 is 23.1 Å². The highest BCUT2D eigenvalue weighted by atomic mass is 16.5. The maximum absolute atomic E-state index is 13.1. The van der Waals surface area contributed by atoms with Gasteiger partial charge in [0.2, 0.25) is 0 Å². The highest BCUT2D eigenvalue weighted by Crippen LogP contribution is 2.40. The number of hydrogen-bond acceptors (Lipinski definition) is 6. The number of anilines is 1. The Morgan fingerprint density at radius 2 is 1.83 bits per heavy atom. The quantitative estimate of drug-likeness (QED) is 0.776. The van der Waals surface area contributed by atoms with Gasteiger partial charge in [-0.25, -0.2) is 9.59 Å². The van der Waals surface area contributed by atoms with Gasteiger partial charge in [0.15, 0.2) is 0 Å². The van der Waals surface area contributed by atoms with E-state index in [1.807, 2.05) is 13.8 Å². The first-order chi connectivity index (χ1) is 14.2. The molecule has 3 rings (SSSR count). The molecule has 1 aromatic heterocycles. The molecule has 30 heavy (non-hydrogen) atoms. The molecule has 156 valence electrons. The maximum Gasteiger partial charge on any atom is 0.336 e. The molecule has 8 heteroatoms. The first-order valence-corrected chi connectivity index (χ1v) is 9.62. The van der Waals surface area contributed by atoms with Crippen LogP contribution in [0.1, 0.15) is 43.4 Å². The van der Waals surface area contributed by atoms with Crippen molar-refractivity contribution >= 4 is 11.8 Å². The van der Waals surface area contributed by atoms with E-state index in [1.54, 1.807) is 38.2 Å². The molecule has 0 spiro atoms. The maximum atomic E-state index is 13.1. The van der Waals surface area contributed by atoms with E-state index >= 15 is 0 Å². The molecule has 0 fully saturated rings. The summed E-state index contributed by atoms with van der Waals surface area (Å²) in [7, 11) is 2.97. The van der Waals surface area contributed by atoms with Crippen molar-refractivity contribution in [3.05, 3.63) is 73.1 Å². The normalized spacial score (nSPS) is 15.4. The molecule has 1 atom stereocenters. The molecule has 0 saturated carbocycles. The van der Waals surface area contributed by atoms with Crippen LogP contribution in [0.3, 0.4) is 0 Å². The number of carbonyl (C=O) groups excluding carboxylic acids is 1. The van der Waals surface area contributed by atoms with Crippen LogP contribution in [0.5, 0.6) is 0 Å². The zero-order chi connectivity index (χ0) is 22.2. The highest BCUT2D eigenvalue weighted by molar-refractivity contribution is 5.94. The Bertz CT molecular complexity index is 1190. The van der Waals surface area contributed by atoms with Gasteiger partial charge in [0.1, 0.15) is 5.82 Å². The van der Waals surface area contributed by atoms with Crippen molar-refractivity contribution in [1.29, 1.82) is 5.26 Å². The molecule has 1 aliphatic heterocycles. The van der Waals surface area contributed by atoms with Crippen molar-refractivity contribution in [2.75, 3.05) is 11.9 Å². The second-order valence-electron chi connectivity index (χ2n) is 7.79. The summed E-state index contributed by atoms with van der Waals surface area (Å²) in [4.78, 5) is 38.6. The summed E-state index contributed by atoms with van der Waals surface area (Å²) in [5.41, 5.74) is 1.26. The predicted octanol–water partition coefficient (Wildman–Crippen LogP) is 1.99. The van der Waals surface area contributed by atoms with Crippen LogP contribution in [0, 0.1) is 17.2 Å². The summed E-state index contributed by atoms with van der Waals surface area (Å²) < 4.78 is 7.86. The summed E-state index contributed by atoms with van der Waals surface area (Å²) in [6.07, 6.45) is 0. The second-order valence-corrected chi connectivity index (χ2v) is 7.79. The minimum atomic E-state index is -0.737. The van der Waals surface area contributed by atoms with Gasteiger partial charge < -0.3 is 10.1 Å². The van der Waals surface area contributed by atoms with Crippen molar-refractivity contribution in [3.63, 3.8) is 0 Å². The Labute approximate surface area is 174 Å². The molecule has 2 aromatic rings. The Balaban J connectivity index is 2.28. The number of rotatable bonds is 4. The van der Waals surface area contributed by atoms with Gasteiger partial charge in [-0.1, -0.05) is 26.0 Å². The minimum Gasteiger partial charge on any atom is -0.462 e. The third-order valence-corrected chi connectivity index (χ3v) is 5.13. The number of nitriles is 1. The largest absolute Gasteiger partial charge is 0.462 e. The van der Waals surface area contributed by atoms with Crippen molar-refractivity contribution < 1.29 is 9.53 Å². The predicted molar refractivity (Wildman–Crippen MR) is 112 cm³/mol. The number of nitrogens with one attached hydrogen (secondary N) is 1. The zero-order valence-electron chi connectivity index (χ0n) is 17.6. The van der Waals surface area contributed by atoms with E-state index in [4.69, 9.17) is 10.00 Å². The van der Waals surface area contributed by atoms with Crippen LogP contribution in [-0.4, -0.2) is 21.7 Å². The molecule has 1 aliphatic rings. The van der Waals surface area contributed by atoms with E-state index in [9.17, 15) is 14.4 Å². The van der Waals surface area contributed by atoms with E-state index in [-0.39, 0.29) is 18.1 Å². The van der Waals surface area contributed by atoms with Crippen LogP contribution in [-0.2, 0) is 23.6 Å². The number of aromatic nitrogens is 2. The molecule has 0 bridgehead atoms. The molecule has 0 radical (unpaired) electrons. The summed E-state index contributed by atoms with van der Waals surface area (Å²) in [5.74, 6) is -0.764. The lowest BCUT2D eigenvalue weighted by molar-refractivity contribution is -0.140. The fraction of sp³-hybridized carbons (Fsp3) is 0.364. The van der Waals surface area contributed by atoms with Gasteiger partial charge in [-0.05, 0) is 30.5 Å². The molecule has 0 unspecified atom stereocenters. The summed E-state index contributed by atoms with van der Waals surface area (Å²) in [6, 6.07) is 8.76. The number of esters is 1. The van der Waals surface area contributed by atoms with E-state index in [0.29, 0.717) is 28.2 Å². The number of carbonyl (C=O) groups is 1. The van der Waals surface area contributed by atoms with Gasteiger partial charge in [0, 0.05) is 19.8 Å². The molecule has 1 aromatic carbocycles. The standard InChI is InChI=1S/C22H24N4O4/c1-12(2)11-30-21(28)16-13(3)24-19-18(20(27)26(5)22(29)25(19)4)17(16)15-8-6-14(10-23)7-9-15/h6-9,12,17,24H,11H2,1-5H3/t17-/m0/s1. The molecular formula is C22H24N4O4. The summed E-state index contributed by atoms with van der Waals surface area (Å²) in [6.45, 7) is 5.83. The molecule has 8 nitrogen and oxygen atoms in total. The number of fused-ring (bicyclic) bond motifs is 1. The lowest BCUT2D eigenvalue weighted by Crippen LogP contribution is -2.43. The van der Waals surface area contributed by atoms with Crippen molar-refractivity contribution in [2.24, 2.45) is 20.0 Å². The fourth-order valence-corrected chi connectivity index (χ4v) is 3.56. The molecule has 0 amide bonds. The van der Waals surface area contributed by atoms with Crippen LogP contribution < -0.4 is 16.6 Å². The number of allylic oxidation sites excluding steroid dienone is 1. The van der Waals surface area contributed by atoms with Crippen molar-refractivity contribution in [1.82, 2.24) is 9.13 Å². The van der Waals surface area contributed by atoms with Crippen LogP contribution in [0.2, 0.25) is 0 Å². The molecule has 2 heterocycles. The SMILES string of the molecule is CC1=C(C(=O)OCC(C)C)[C@H](c2ccc(C#N)cc2)c2c(n(C)c(=O)n(C)c2=O)N1. The Morgan fingerprint density at radius 1 is 1.20 bits per heavy atom. The zero-order valence-corrected chi connectivity index (χ0v) is 17.6. The lowest BCUT2D eigenvalue weighted by Gasteiger charge is -2.31. The third-order valence-electron chi connectivity index (χ3n) is 5.13. The van der Waals surface area contributed by atoms with Crippen LogP contribution in [0.15, 0.2) is 45.1 Å². The van der Waals surface area contributed by atoms with Crippen LogP contribution in [0.25, 0.3) is 0 Å². The Hall–Kier alpha value is -3.60. The molecule has 1 N–H and O–H groups in total. The third kappa shape index (κ3) is 3.54. The minimum absolute atomic E-state index is 0.153. The van der Waals surface area contributed by atoms with Gasteiger partial charge in [-0.15, -0.1) is 0 Å². The van der Waals surface area contributed by atoms with E-state index in [0.717, 1.165) is 4.57 Å². The van der Waals surface area contributed by atoms with Gasteiger partial charge in [-0.3, -0.25) is 13.9 Å². The monoisotopic (exact) mass is 408 g/mol. The van der Waals surface area contributed by atoms with E-state index in [1.165, 1.54) is 11.6 Å². The van der Waals surface area contributed by atoms with Gasteiger partial charge in [0.05, 0.1) is 35.3 Å². The van der Waals surface area contributed by atoms with Crippen molar-refractivity contribution in [2.45, 2.75) is 26.7 Å². The Kier molecular flexibility index (Phi) is 5.65. The fourth-order valence-electron chi connectivity index (χ4n) is 3.56. The summed E-state index contributed by atoms with van der Waals surface area (Å²) >= 11 is 0. The Morgan fingerprint density at radius 3 is 2.40 bits per heavy atom. The molecular weight excluding hydrogens is 384 g/mol. The number of hydrogen-bond donors (Lipinski definition) is 1. The van der Waals surface area contributed by atoms with Crippen LogP contribution >= 0.6 is 0 Å². The molecule has 0 saturated heterocycles. The topological polar surface area (TPSA) is 106 Å². The van der Waals surface area contributed by atoms with Gasteiger partial charge >= 0.3 is 11.7 Å². The molecule has 0 aliphatic carbocycles. The highest BCUT2D eigenvalue weighted by Gasteiger charge is 2.37. The smallest absolute Gasteiger partial charge is 0.336 e. The number of ether oxygens (including phenoxy) is 1. The second kappa shape index (κ2) is 8.03. The number of nitrogens with zero attached hydrogens (tertiary/aromatic N) is 3. The first-order valence-electron chi connectivity index (χ1n) is 9.62. The average Bonchev–Trinajstić information content (AvgIpc) is 2.73. The summed E-state index contributed by atoms with van der Waals surface area (Å²) in [5, 5.41) is 12.2. The lowest BCUT2D eigenvalue weighted by atomic mass is 9.82. The van der Waals surface area contributed by atoms with Crippen molar-refractivity contribution in [3.8, 4) is 6.07 Å². The average molecular weight is 408 g/mol. The number of benzene rings is 1.